The molecule has 2 heteroatoms. The Morgan fingerprint density at radius 2 is 1.75 bits per heavy atom. The molecule has 0 aliphatic carbocycles. The third-order valence-electron chi connectivity index (χ3n) is 2.72. The summed E-state index contributed by atoms with van der Waals surface area (Å²) in [6, 6.07) is 13.1. The lowest BCUT2D eigenvalue weighted by Gasteiger charge is -2.05. The van der Waals surface area contributed by atoms with Crippen LogP contribution in [0.4, 0.5) is 0 Å². The zero-order chi connectivity index (χ0) is 11.5. The third-order valence-corrected chi connectivity index (χ3v) is 3.88. The van der Waals surface area contributed by atoms with Crippen LogP contribution in [0, 0.1) is 0 Å². The van der Waals surface area contributed by atoms with Crippen molar-refractivity contribution in [3.8, 4) is 10.4 Å². The maximum atomic E-state index is 5.62. The summed E-state index contributed by atoms with van der Waals surface area (Å²) in [6.07, 6.45) is 0. The highest BCUT2D eigenvalue weighted by molar-refractivity contribution is 7.15. The smallest absolute Gasteiger partial charge is 0.0346 e. The molecular weight excluding hydrogens is 214 g/mol. The zero-order valence-corrected chi connectivity index (χ0v) is 10.6. The molecule has 0 atom stereocenters. The van der Waals surface area contributed by atoms with E-state index in [-0.39, 0.29) is 0 Å². The van der Waals surface area contributed by atoms with E-state index in [2.05, 4.69) is 50.2 Å². The Morgan fingerprint density at radius 1 is 1.06 bits per heavy atom. The molecule has 2 aromatic rings. The predicted molar refractivity (Wildman–Crippen MR) is 71.7 cm³/mol. The highest BCUT2D eigenvalue weighted by Gasteiger charge is 2.03. The predicted octanol–water partition coefficient (Wildman–Crippen LogP) is 4.00. The van der Waals surface area contributed by atoms with Crippen molar-refractivity contribution >= 4 is 11.3 Å². The lowest BCUT2D eigenvalue weighted by Crippen LogP contribution is -1.91. The molecule has 0 amide bonds. The molecule has 0 bridgehead atoms. The summed E-state index contributed by atoms with van der Waals surface area (Å²) in [4.78, 5) is 2.54. The van der Waals surface area contributed by atoms with Gasteiger partial charge in [0.2, 0.25) is 0 Å². The molecule has 1 aromatic carbocycles. The van der Waals surface area contributed by atoms with E-state index < -0.39 is 0 Å². The number of hydrogen-bond donors (Lipinski definition) is 1. The fraction of sp³-hybridized carbons (Fsp3) is 0.286. The Labute approximate surface area is 101 Å². The second-order valence-electron chi connectivity index (χ2n) is 4.25. The Bertz CT molecular complexity index is 454. The standard InChI is InChI=1S/C14H17NS/c1-10(2)11-3-5-12(6-4-11)14-8-7-13(9-15)16-14/h3-8,10H,9,15H2,1-2H3. The average molecular weight is 231 g/mol. The topological polar surface area (TPSA) is 26.0 Å². The third kappa shape index (κ3) is 2.34. The summed E-state index contributed by atoms with van der Waals surface area (Å²) in [5.74, 6) is 0.594. The summed E-state index contributed by atoms with van der Waals surface area (Å²) >= 11 is 1.78. The second-order valence-corrected chi connectivity index (χ2v) is 5.42. The Balaban J connectivity index is 2.27. The largest absolute Gasteiger partial charge is 0.326 e. The van der Waals surface area contributed by atoms with Gasteiger partial charge in [0.25, 0.3) is 0 Å². The number of nitrogens with two attached hydrogens (primary N) is 1. The van der Waals surface area contributed by atoms with Crippen LogP contribution in [0.25, 0.3) is 10.4 Å². The van der Waals surface area contributed by atoms with Crippen LogP contribution in [0.15, 0.2) is 36.4 Å². The molecule has 1 nitrogen and oxygen atoms in total. The van der Waals surface area contributed by atoms with Gasteiger partial charge in [0, 0.05) is 16.3 Å². The minimum atomic E-state index is 0.594. The van der Waals surface area contributed by atoms with Crippen LogP contribution in [-0.4, -0.2) is 0 Å². The molecular formula is C14H17NS. The molecule has 0 spiro atoms. The number of thiophene rings is 1. The Kier molecular flexibility index (Phi) is 3.42. The van der Waals surface area contributed by atoms with Crippen molar-refractivity contribution < 1.29 is 0 Å². The van der Waals surface area contributed by atoms with Crippen molar-refractivity contribution in [1.82, 2.24) is 0 Å². The van der Waals surface area contributed by atoms with Crippen molar-refractivity contribution in [2.45, 2.75) is 26.3 Å². The summed E-state index contributed by atoms with van der Waals surface area (Å²) in [5, 5.41) is 0. The molecule has 0 unspecified atom stereocenters. The summed E-state index contributed by atoms with van der Waals surface area (Å²) in [7, 11) is 0. The Morgan fingerprint density at radius 3 is 2.25 bits per heavy atom. The SMILES string of the molecule is CC(C)c1ccc(-c2ccc(CN)s2)cc1. The molecule has 1 aromatic heterocycles. The fourth-order valence-corrected chi connectivity index (χ4v) is 2.57. The first-order valence-electron chi connectivity index (χ1n) is 5.60. The van der Waals surface area contributed by atoms with Gasteiger partial charge in [0.1, 0.15) is 0 Å². The van der Waals surface area contributed by atoms with Gasteiger partial charge in [-0.2, -0.15) is 0 Å². The van der Waals surface area contributed by atoms with Crippen LogP contribution in [-0.2, 0) is 6.54 Å². The normalized spacial score (nSPS) is 11.0. The highest BCUT2D eigenvalue weighted by atomic mass is 32.1. The van der Waals surface area contributed by atoms with Gasteiger partial charge in [-0.05, 0) is 29.2 Å². The summed E-state index contributed by atoms with van der Waals surface area (Å²) in [5.41, 5.74) is 8.29. The van der Waals surface area contributed by atoms with Crippen LogP contribution in [0.2, 0.25) is 0 Å². The average Bonchev–Trinajstić information content (AvgIpc) is 2.77. The van der Waals surface area contributed by atoms with Gasteiger partial charge in [0.05, 0.1) is 0 Å². The number of benzene rings is 1. The molecule has 2 rings (SSSR count). The molecule has 0 saturated carbocycles. The molecule has 84 valence electrons. The maximum absolute atomic E-state index is 5.62. The number of hydrogen-bond acceptors (Lipinski definition) is 2. The van der Waals surface area contributed by atoms with E-state index in [1.807, 2.05) is 0 Å². The monoisotopic (exact) mass is 231 g/mol. The van der Waals surface area contributed by atoms with Crippen LogP contribution < -0.4 is 5.73 Å². The minimum absolute atomic E-state index is 0.594. The summed E-state index contributed by atoms with van der Waals surface area (Å²) < 4.78 is 0. The van der Waals surface area contributed by atoms with Crippen molar-refractivity contribution in [2.24, 2.45) is 5.73 Å². The van der Waals surface area contributed by atoms with Crippen molar-refractivity contribution in [2.75, 3.05) is 0 Å². The molecule has 2 N–H and O–H groups in total. The van der Waals surface area contributed by atoms with Gasteiger partial charge >= 0.3 is 0 Å². The molecule has 0 radical (unpaired) electrons. The zero-order valence-electron chi connectivity index (χ0n) is 9.73. The quantitative estimate of drug-likeness (QED) is 0.849. The lowest BCUT2D eigenvalue weighted by molar-refractivity contribution is 0.867. The van der Waals surface area contributed by atoms with Crippen LogP contribution in [0.5, 0.6) is 0 Å². The fourth-order valence-electron chi connectivity index (χ4n) is 1.68. The molecule has 16 heavy (non-hydrogen) atoms. The first-order chi connectivity index (χ1) is 7.70. The molecule has 0 aliphatic rings. The molecule has 1 heterocycles. The van der Waals surface area contributed by atoms with Crippen molar-refractivity contribution in [3.05, 3.63) is 46.8 Å². The van der Waals surface area contributed by atoms with Gasteiger partial charge in [-0.15, -0.1) is 11.3 Å². The van der Waals surface area contributed by atoms with Crippen molar-refractivity contribution in [3.63, 3.8) is 0 Å². The van der Waals surface area contributed by atoms with Gasteiger partial charge in [0.15, 0.2) is 0 Å². The van der Waals surface area contributed by atoms with Gasteiger partial charge in [-0.1, -0.05) is 38.1 Å². The first kappa shape index (κ1) is 11.4. The van der Waals surface area contributed by atoms with Gasteiger partial charge in [-0.3, -0.25) is 0 Å². The van der Waals surface area contributed by atoms with E-state index >= 15 is 0 Å². The summed E-state index contributed by atoms with van der Waals surface area (Å²) in [6.45, 7) is 5.06. The molecule has 0 saturated heterocycles. The second kappa shape index (κ2) is 4.81. The van der Waals surface area contributed by atoms with E-state index in [1.54, 1.807) is 11.3 Å². The minimum Gasteiger partial charge on any atom is -0.326 e. The molecule has 0 aliphatic heterocycles. The van der Waals surface area contributed by atoms with Crippen LogP contribution >= 0.6 is 11.3 Å². The highest BCUT2D eigenvalue weighted by Crippen LogP contribution is 2.29. The Hall–Kier alpha value is -1.12. The lowest BCUT2D eigenvalue weighted by atomic mass is 10.0. The van der Waals surface area contributed by atoms with Crippen LogP contribution in [0.1, 0.15) is 30.2 Å². The van der Waals surface area contributed by atoms with E-state index in [9.17, 15) is 0 Å². The van der Waals surface area contributed by atoms with Crippen LogP contribution in [0.3, 0.4) is 0 Å². The maximum Gasteiger partial charge on any atom is 0.0346 e. The van der Waals surface area contributed by atoms with E-state index in [0.29, 0.717) is 12.5 Å². The van der Waals surface area contributed by atoms with Gasteiger partial charge < -0.3 is 5.73 Å². The first-order valence-corrected chi connectivity index (χ1v) is 6.41. The van der Waals surface area contributed by atoms with E-state index in [4.69, 9.17) is 5.73 Å². The van der Waals surface area contributed by atoms with E-state index in [0.717, 1.165) is 0 Å². The van der Waals surface area contributed by atoms with Crippen molar-refractivity contribution in [1.29, 1.82) is 0 Å². The number of rotatable bonds is 3. The molecule has 0 fully saturated rings. The van der Waals surface area contributed by atoms with Gasteiger partial charge in [-0.25, -0.2) is 0 Å². The van der Waals surface area contributed by atoms with E-state index in [1.165, 1.54) is 20.9 Å².